The summed E-state index contributed by atoms with van der Waals surface area (Å²) < 4.78 is 49.0. The molecule has 2 aromatic rings. The van der Waals surface area contributed by atoms with Crippen LogP contribution in [0.4, 0.5) is 13.2 Å². The minimum absolute atomic E-state index is 0.0217. The molecule has 3 atom stereocenters. The number of fused-ring (bicyclic) bond motifs is 1. The maximum absolute atomic E-state index is 14.3. The molecule has 1 N–H and O–H groups in total. The van der Waals surface area contributed by atoms with Crippen LogP contribution in [0.2, 0.25) is 0 Å². The fourth-order valence-corrected chi connectivity index (χ4v) is 6.25. The first-order chi connectivity index (χ1) is 16.4. The predicted molar refractivity (Wildman–Crippen MR) is 132 cm³/mol. The topological polar surface area (TPSA) is 46.5 Å². The van der Waals surface area contributed by atoms with Gasteiger partial charge in [-0.2, -0.15) is 13.2 Å². The highest BCUT2D eigenvalue weighted by atomic mass is 19.4. The van der Waals surface area contributed by atoms with E-state index in [1.165, 1.54) is 6.07 Å². The second-order valence-corrected chi connectivity index (χ2v) is 11.4. The fraction of sp³-hybridized carbons (Fsp3) is 0.621. The molecule has 0 aromatic heterocycles. The first-order valence-electron chi connectivity index (χ1n) is 12.9. The molecular formula is C29H37F3O3. The van der Waals surface area contributed by atoms with Gasteiger partial charge in [0, 0.05) is 0 Å². The average Bonchev–Trinajstić information content (AvgIpc) is 2.80. The van der Waals surface area contributed by atoms with Gasteiger partial charge in [0.2, 0.25) is 0 Å². The van der Waals surface area contributed by atoms with Gasteiger partial charge in [0.25, 0.3) is 0 Å². The Morgan fingerprint density at radius 3 is 2.37 bits per heavy atom. The van der Waals surface area contributed by atoms with Crippen LogP contribution in [0.1, 0.15) is 89.7 Å². The quantitative estimate of drug-likeness (QED) is 0.423. The number of ether oxygens (including phenoxy) is 1. The third kappa shape index (κ3) is 5.17. The van der Waals surface area contributed by atoms with Gasteiger partial charge in [-0.15, -0.1) is 0 Å². The smallest absolute Gasteiger partial charge is 0.420 e. The average molecular weight is 491 g/mol. The van der Waals surface area contributed by atoms with Crippen LogP contribution in [0.3, 0.4) is 0 Å². The van der Waals surface area contributed by atoms with Gasteiger partial charge in [-0.3, -0.25) is 4.79 Å². The minimum atomic E-state index is -4.53. The maximum Gasteiger partial charge on any atom is 0.420 e. The Bertz CT molecular complexity index is 1070. The Hall–Kier alpha value is -2.24. The van der Waals surface area contributed by atoms with Crippen molar-refractivity contribution in [2.24, 2.45) is 23.2 Å². The van der Waals surface area contributed by atoms with Gasteiger partial charge in [0.1, 0.15) is 11.3 Å². The Morgan fingerprint density at radius 2 is 1.80 bits per heavy atom. The largest absolute Gasteiger partial charge is 0.490 e. The van der Waals surface area contributed by atoms with Crippen molar-refractivity contribution in [1.29, 1.82) is 0 Å². The molecule has 6 heteroatoms. The van der Waals surface area contributed by atoms with E-state index in [9.17, 15) is 23.1 Å². The standard InChI is InChI=1S/C29H37F3O3/c1-5-18-6-11-22(12-7-18)35-25-13-10-19-8-9-20(15-23(19)26(25)29(30,31)32)17(2)14-21-16-24(27(33)34)28(21,3)4/h8-10,13,15,17-18,21-22,24H,5-7,11-12,14,16H2,1-4H3,(H,33,34)/t17-,18?,21+,22?,24+/m1/s1. The number of rotatable bonds is 7. The number of alkyl halides is 3. The highest BCUT2D eigenvalue weighted by Gasteiger charge is 2.51. The van der Waals surface area contributed by atoms with Gasteiger partial charge in [0.15, 0.2) is 0 Å². The summed E-state index contributed by atoms with van der Waals surface area (Å²) in [5, 5.41) is 10.1. The first-order valence-corrected chi connectivity index (χ1v) is 12.9. The number of halogens is 3. The molecule has 0 bridgehead atoms. The lowest BCUT2D eigenvalue weighted by atomic mass is 9.53. The predicted octanol–water partition coefficient (Wildman–Crippen LogP) is 8.45. The zero-order valence-corrected chi connectivity index (χ0v) is 21.1. The number of carboxylic acid groups (broad SMARTS) is 1. The van der Waals surface area contributed by atoms with Crippen molar-refractivity contribution < 1.29 is 27.8 Å². The van der Waals surface area contributed by atoms with Crippen LogP contribution >= 0.6 is 0 Å². The van der Waals surface area contributed by atoms with Gasteiger partial charge in [-0.1, -0.05) is 58.4 Å². The van der Waals surface area contributed by atoms with E-state index in [1.54, 1.807) is 18.2 Å². The molecule has 192 valence electrons. The number of carboxylic acids is 1. The van der Waals surface area contributed by atoms with E-state index in [4.69, 9.17) is 4.74 Å². The van der Waals surface area contributed by atoms with Gasteiger partial charge >= 0.3 is 12.1 Å². The van der Waals surface area contributed by atoms with Crippen molar-refractivity contribution in [1.82, 2.24) is 0 Å². The first kappa shape index (κ1) is 25.8. The molecule has 0 saturated heterocycles. The summed E-state index contributed by atoms with van der Waals surface area (Å²) in [6.45, 7) is 8.13. The highest BCUT2D eigenvalue weighted by Crippen LogP contribution is 2.55. The van der Waals surface area contributed by atoms with Gasteiger partial charge in [-0.05, 0) is 84.1 Å². The van der Waals surface area contributed by atoms with Gasteiger partial charge in [0.05, 0.1) is 12.0 Å². The number of carbonyl (C=O) groups is 1. The van der Waals surface area contributed by atoms with Crippen molar-refractivity contribution in [2.75, 3.05) is 0 Å². The summed E-state index contributed by atoms with van der Waals surface area (Å²) in [5.41, 5.74) is -0.152. The van der Waals surface area contributed by atoms with Crippen molar-refractivity contribution in [2.45, 2.75) is 90.8 Å². The van der Waals surface area contributed by atoms with E-state index >= 15 is 0 Å². The van der Waals surface area contributed by atoms with E-state index in [0.29, 0.717) is 17.7 Å². The van der Waals surface area contributed by atoms with Crippen molar-refractivity contribution in [3.63, 3.8) is 0 Å². The number of aliphatic carboxylic acids is 1. The molecule has 35 heavy (non-hydrogen) atoms. The Labute approximate surface area is 206 Å². The van der Waals surface area contributed by atoms with Crippen molar-refractivity contribution in [3.8, 4) is 5.75 Å². The van der Waals surface area contributed by atoms with E-state index in [0.717, 1.165) is 44.1 Å². The fourth-order valence-electron chi connectivity index (χ4n) is 6.25. The summed E-state index contributed by atoms with van der Waals surface area (Å²) in [7, 11) is 0. The molecule has 2 saturated carbocycles. The molecule has 2 aromatic carbocycles. The Balaban J connectivity index is 1.60. The van der Waals surface area contributed by atoms with Crippen LogP contribution in [0.25, 0.3) is 10.8 Å². The molecular weight excluding hydrogens is 453 g/mol. The molecule has 2 fully saturated rings. The van der Waals surface area contributed by atoms with Gasteiger partial charge < -0.3 is 9.84 Å². The van der Waals surface area contributed by atoms with Crippen LogP contribution in [0.5, 0.6) is 5.75 Å². The summed E-state index contributed by atoms with van der Waals surface area (Å²) in [5.74, 6) is -0.309. The Morgan fingerprint density at radius 1 is 1.14 bits per heavy atom. The minimum Gasteiger partial charge on any atom is -0.490 e. The van der Waals surface area contributed by atoms with E-state index in [2.05, 4.69) is 6.92 Å². The second-order valence-electron chi connectivity index (χ2n) is 11.4. The third-order valence-electron chi connectivity index (χ3n) is 8.93. The van der Waals surface area contributed by atoms with Crippen molar-refractivity contribution >= 4 is 16.7 Å². The van der Waals surface area contributed by atoms with Crippen LogP contribution in [-0.2, 0) is 11.0 Å². The number of benzene rings is 2. The van der Waals surface area contributed by atoms with Crippen LogP contribution in [-0.4, -0.2) is 17.2 Å². The third-order valence-corrected chi connectivity index (χ3v) is 8.93. The molecule has 0 unspecified atom stereocenters. The lowest BCUT2D eigenvalue weighted by Gasteiger charge is -2.51. The van der Waals surface area contributed by atoms with Crippen LogP contribution < -0.4 is 4.74 Å². The molecule has 0 aliphatic heterocycles. The number of hydrogen-bond acceptors (Lipinski definition) is 2. The zero-order chi connectivity index (χ0) is 25.5. The maximum atomic E-state index is 14.3. The molecule has 4 rings (SSSR count). The highest BCUT2D eigenvalue weighted by molar-refractivity contribution is 5.89. The van der Waals surface area contributed by atoms with E-state index in [-0.39, 0.29) is 40.4 Å². The number of hydrogen-bond donors (Lipinski definition) is 1. The monoisotopic (exact) mass is 490 g/mol. The molecule has 2 aliphatic rings. The Kier molecular flexibility index (Phi) is 7.14. The molecule has 3 nitrogen and oxygen atoms in total. The van der Waals surface area contributed by atoms with E-state index < -0.39 is 17.7 Å². The molecule has 0 spiro atoms. The van der Waals surface area contributed by atoms with Crippen LogP contribution in [0.15, 0.2) is 30.3 Å². The lowest BCUT2D eigenvalue weighted by molar-refractivity contribution is -0.159. The molecule has 2 aliphatic carbocycles. The molecule has 0 heterocycles. The normalized spacial score (nSPS) is 27.3. The zero-order valence-electron chi connectivity index (χ0n) is 21.1. The van der Waals surface area contributed by atoms with Gasteiger partial charge in [-0.25, -0.2) is 0 Å². The summed E-state index contributed by atoms with van der Waals surface area (Å²) in [4.78, 5) is 11.5. The van der Waals surface area contributed by atoms with Crippen molar-refractivity contribution in [3.05, 3.63) is 41.5 Å². The molecule has 0 amide bonds. The lowest BCUT2D eigenvalue weighted by Crippen LogP contribution is -2.49. The molecule has 0 radical (unpaired) electrons. The summed E-state index contributed by atoms with van der Waals surface area (Å²) in [6, 6.07) is 8.53. The van der Waals surface area contributed by atoms with E-state index in [1.807, 2.05) is 26.8 Å². The van der Waals surface area contributed by atoms with Crippen LogP contribution in [0, 0.1) is 23.2 Å². The summed E-state index contributed by atoms with van der Waals surface area (Å²) in [6.07, 6.45) is 1.34. The second kappa shape index (κ2) is 9.67. The SMILES string of the molecule is CCC1CCC(Oc2ccc3ccc([C@H](C)C[C@H]4C[C@@H](C(=O)O)C4(C)C)cc3c2C(F)(F)F)CC1. The summed E-state index contributed by atoms with van der Waals surface area (Å²) >= 11 is 0.